The zero-order valence-corrected chi connectivity index (χ0v) is 12.4. The van der Waals surface area contributed by atoms with Crippen molar-refractivity contribution in [3.63, 3.8) is 0 Å². The molecule has 9 heteroatoms. The van der Waals surface area contributed by atoms with Crippen LogP contribution in [0.3, 0.4) is 0 Å². The monoisotopic (exact) mass is 386 g/mol. The summed E-state index contributed by atoms with van der Waals surface area (Å²) in [6, 6.07) is 2.78. The maximum absolute atomic E-state index is 12.1. The van der Waals surface area contributed by atoms with Crippen LogP contribution >= 0.6 is 0 Å². The molecule has 112 valence electrons. The molecule has 0 bridgehead atoms. The minimum atomic E-state index is -1.65. The zero-order chi connectivity index (χ0) is 15.4. The number of halogens is 6. The summed E-state index contributed by atoms with van der Waals surface area (Å²) in [6.07, 6.45) is 0. The predicted molar refractivity (Wildman–Crippen MR) is 56.0 cm³/mol. The number of phenolic OH excluding ortho intramolecular Hbond substituents is 2. The van der Waals surface area contributed by atoms with Crippen LogP contribution in [0.5, 0.6) is 11.5 Å². The van der Waals surface area contributed by atoms with Gasteiger partial charge in [0.2, 0.25) is 11.6 Å². The smallest absolute Gasteiger partial charge is 0.203 e. The molecule has 0 amide bonds. The first-order chi connectivity index (χ1) is 9.25. The minimum absolute atomic E-state index is 0. The molecule has 2 aromatic carbocycles. The molecule has 21 heavy (non-hydrogen) atoms. The van der Waals surface area contributed by atoms with Crippen molar-refractivity contribution in [3.05, 3.63) is 59.2 Å². The Morgan fingerprint density at radius 2 is 0.810 bits per heavy atom. The van der Waals surface area contributed by atoms with Crippen molar-refractivity contribution in [1.29, 1.82) is 0 Å². The maximum atomic E-state index is 12.1. The van der Waals surface area contributed by atoms with Gasteiger partial charge in [0.15, 0.2) is 34.8 Å². The largest absolute Gasteiger partial charge is 0.505 e. The second-order valence-corrected chi connectivity index (χ2v) is 3.39. The molecule has 0 saturated heterocycles. The molecule has 2 N–H and O–H groups in total. The summed E-state index contributed by atoms with van der Waals surface area (Å²) in [5, 5.41) is 16.9. The van der Waals surface area contributed by atoms with Gasteiger partial charge in [-0.3, -0.25) is 0 Å². The van der Waals surface area contributed by atoms with Crippen molar-refractivity contribution in [3.8, 4) is 11.5 Å². The van der Waals surface area contributed by atoms with Crippen LogP contribution in [0.25, 0.3) is 0 Å². The van der Waals surface area contributed by atoms with E-state index in [4.69, 9.17) is 10.2 Å². The molecule has 0 atom stereocenters. The average Bonchev–Trinajstić information content (AvgIpc) is 2.43. The van der Waals surface area contributed by atoms with E-state index in [2.05, 4.69) is 0 Å². The van der Waals surface area contributed by atoms with Gasteiger partial charge in [0, 0.05) is 26.2 Å². The van der Waals surface area contributed by atoms with Gasteiger partial charge in [-0.1, -0.05) is 0 Å². The first-order valence-electron chi connectivity index (χ1n) is 4.90. The standard InChI is InChI=1S/2C6H3F3O.Zr/c2*7-3-1-2-4(10)6(9)5(3)8;/h2*1-2,10H;. The van der Waals surface area contributed by atoms with E-state index in [1.54, 1.807) is 0 Å². The van der Waals surface area contributed by atoms with Crippen molar-refractivity contribution in [2.75, 3.05) is 0 Å². The number of hydrogen-bond acceptors (Lipinski definition) is 2. The number of aromatic hydroxyl groups is 2. The Hall–Kier alpha value is -1.50. The van der Waals surface area contributed by atoms with E-state index in [0.717, 1.165) is 12.1 Å². The third-order valence-corrected chi connectivity index (χ3v) is 2.03. The van der Waals surface area contributed by atoms with E-state index in [1.807, 2.05) is 0 Å². The summed E-state index contributed by atoms with van der Waals surface area (Å²) in [7, 11) is 0. The Kier molecular flexibility index (Phi) is 7.49. The normalized spacial score (nSPS) is 9.43. The quantitative estimate of drug-likeness (QED) is 0.536. The Morgan fingerprint density at radius 1 is 0.524 bits per heavy atom. The predicted octanol–water partition coefficient (Wildman–Crippen LogP) is 3.62. The van der Waals surface area contributed by atoms with Gasteiger partial charge >= 0.3 is 0 Å². The van der Waals surface area contributed by atoms with Crippen molar-refractivity contribution >= 4 is 0 Å². The van der Waals surface area contributed by atoms with E-state index in [9.17, 15) is 26.3 Å². The van der Waals surface area contributed by atoms with Crippen LogP contribution in [0.1, 0.15) is 0 Å². The van der Waals surface area contributed by atoms with Crippen LogP contribution in [-0.4, -0.2) is 10.2 Å². The van der Waals surface area contributed by atoms with Crippen LogP contribution < -0.4 is 0 Å². The van der Waals surface area contributed by atoms with Crippen molar-refractivity contribution < 1.29 is 62.8 Å². The third-order valence-electron chi connectivity index (χ3n) is 2.03. The fourth-order valence-corrected chi connectivity index (χ4v) is 1.03. The Labute approximate surface area is 133 Å². The summed E-state index contributed by atoms with van der Waals surface area (Å²) in [6.45, 7) is 0. The van der Waals surface area contributed by atoms with E-state index < -0.39 is 46.4 Å². The molecular weight excluding hydrogens is 381 g/mol. The van der Waals surface area contributed by atoms with Crippen molar-refractivity contribution in [1.82, 2.24) is 0 Å². The SMILES string of the molecule is Oc1ccc(F)c(F)c1F.Oc1ccc(F)c(F)c1F.[Zr]. The fraction of sp³-hybridized carbons (Fsp3) is 0. The Balaban J connectivity index is 0.000000364. The van der Waals surface area contributed by atoms with E-state index >= 15 is 0 Å². The van der Waals surface area contributed by atoms with Crippen LogP contribution in [0.4, 0.5) is 26.3 Å². The second kappa shape index (κ2) is 8.07. The molecule has 0 radical (unpaired) electrons. The molecule has 2 nitrogen and oxygen atoms in total. The molecule has 0 heterocycles. The third kappa shape index (κ3) is 4.77. The molecular formula is C12H6F6O2Zr. The Bertz CT molecular complexity index is 526. The van der Waals surface area contributed by atoms with Gasteiger partial charge in [-0.05, 0) is 24.3 Å². The minimum Gasteiger partial charge on any atom is -0.505 e. The summed E-state index contributed by atoms with van der Waals surface area (Å²) in [4.78, 5) is 0. The van der Waals surface area contributed by atoms with E-state index in [-0.39, 0.29) is 26.2 Å². The molecule has 0 spiro atoms. The summed E-state index contributed by atoms with van der Waals surface area (Å²) in [5.41, 5.74) is 0. The first kappa shape index (κ1) is 19.5. The first-order valence-corrected chi connectivity index (χ1v) is 4.90. The number of benzene rings is 2. The van der Waals surface area contributed by atoms with Crippen LogP contribution in [0.15, 0.2) is 24.3 Å². The van der Waals surface area contributed by atoms with Gasteiger partial charge in [-0.25, -0.2) is 17.6 Å². The molecule has 0 aliphatic rings. The molecule has 0 aliphatic carbocycles. The van der Waals surface area contributed by atoms with Gasteiger partial charge < -0.3 is 10.2 Å². The van der Waals surface area contributed by atoms with Crippen molar-refractivity contribution in [2.24, 2.45) is 0 Å². The van der Waals surface area contributed by atoms with Crippen LogP contribution in [0.2, 0.25) is 0 Å². The van der Waals surface area contributed by atoms with Crippen LogP contribution in [-0.2, 0) is 26.2 Å². The molecule has 0 aliphatic heterocycles. The zero-order valence-electron chi connectivity index (χ0n) is 9.97. The summed E-state index contributed by atoms with van der Waals surface area (Å²) < 4.78 is 72.5. The molecule has 0 aromatic heterocycles. The number of rotatable bonds is 0. The molecule has 2 aromatic rings. The van der Waals surface area contributed by atoms with Crippen LogP contribution in [0, 0.1) is 34.9 Å². The topological polar surface area (TPSA) is 40.5 Å². The summed E-state index contributed by atoms with van der Waals surface area (Å²) >= 11 is 0. The van der Waals surface area contributed by atoms with E-state index in [1.165, 1.54) is 0 Å². The van der Waals surface area contributed by atoms with Gasteiger partial charge in [0.25, 0.3) is 0 Å². The Morgan fingerprint density at radius 3 is 1.05 bits per heavy atom. The van der Waals surface area contributed by atoms with Gasteiger partial charge in [0.05, 0.1) is 0 Å². The van der Waals surface area contributed by atoms with Gasteiger partial charge in [-0.15, -0.1) is 0 Å². The molecule has 0 fully saturated rings. The van der Waals surface area contributed by atoms with Gasteiger partial charge in [0.1, 0.15) is 0 Å². The number of hydrogen-bond donors (Lipinski definition) is 2. The molecule has 0 saturated carbocycles. The van der Waals surface area contributed by atoms with Crippen molar-refractivity contribution in [2.45, 2.75) is 0 Å². The molecule has 2 rings (SSSR count). The maximum Gasteiger partial charge on any atom is 0.203 e. The average molecular weight is 387 g/mol. The number of phenols is 2. The summed E-state index contributed by atoms with van der Waals surface area (Å²) in [5.74, 6) is -10.8. The molecule has 0 unspecified atom stereocenters. The van der Waals surface area contributed by atoms with Gasteiger partial charge in [-0.2, -0.15) is 8.78 Å². The fourth-order valence-electron chi connectivity index (χ4n) is 1.03. The second-order valence-electron chi connectivity index (χ2n) is 3.39. The van der Waals surface area contributed by atoms with E-state index in [0.29, 0.717) is 12.1 Å².